The number of carbonyl (C=O) groups excluding carboxylic acids is 2. The number of ether oxygens (including phenoxy) is 2. The summed E-state index contributed by atoms with van der Waals surface area (Å²) in [7, 11) is 0. The monoisotopic (exact) mass is 293 g/mol. The first-order valence-corrected chi connectivity index (χ1v) is 6.81. The van der Waals surface area contributed by atoms with Gasteiger partial charge in [0.05, 0.1) is 6.04 Å². The predicted octanol–water partition coefficient (Wildman–Crippen LogP) is 2.84. The van der Waals surface area contributed by atoms with Crippen molar-refractivity contribution in [2.75, 3.05) is 6.54 Å². The number of amides is 1. The summed E-state index contributed by atoms with van der Waals surface area (Å²) in [6.45, 7) is 14.6. The average Bonchev–Trinajstić information content (AvgIpc) is 2.82. The molecule has 0 saturated carbocycles. The third-order valence-electron chi connectivity index (χ3n) is 2.78. The Balaban J connectivity index is 2.80. The fraction of sp³-hybridized carbons (Fsp3) is 0.500. The van der Waals surface area contributed by atoms with E-state index in [0.29, 0.717) is 12.1 Å². The molecule has 1 rings (SSSR count). The first kappa shape index (κ1) is 17.0. The van der Waals surface area contributed by atoms with Crippen LogP contribution in [0.15, 0.2) is 37.0 Å². The third kappa shape index (κ3) is 4.77. The van der Waals surface area contributed by atoms with Crippen molar-refractivity contribution in [3.05, 3.63) is 37.0 Å². The van der Waals surface area contributed by atoms with Crippen molar-refractivity contribution in [2.45, 2.75) is 45.4 Å². The van der Waals surface area contributed by atoms with Gasteiger partial charge in [0, 0.05) is 12.1 Å². The number of esters is 1. The summed E-state index contributed by atoms with van der Waals surface area (Å²) in [5.74, 6) is -0.510. The molecule has 1 amide bonds. The van der Waals surface area contributed by atoms with Gasteiger partial charge in [-0.2, -0.15) is 0 Å². The first-order chi connectivity index (χ1) is 9.65. The number of carbonyl (C=O) groups is 2. The molecular formula is C16H23NO4. The smallest absolute Gasteiger partial charge is 0.411 e. The van der Waals surface area contributed by atoms with Gasteiger partial charge in [0.1, 0.15) is 11.7 Å². The zero-order valence-electron chi connectivity index (χ0n) is 13.1. The Morgan fingerprint density at radius 1 is 1.43 bits per heavy atom. The Hall–Kier alpha value is -2.04. The SMILES string of the molecule is C=C[C@@H](OC(=O)C(=C)C)[C@@H]1C=CCN1C(=O)OC(C)(C)C. The van der Waals surface area contributed by atoms with Crippen LogP contribution < -0.4 is 0 Å². The van der Waals surface area contributed by atoms with Crippen molar-refractivity contribution < 1.29 is 19.1 Å². The molecule has 1 aliphatic rings. The predicted molar refractivity (Wildman–Crippen MR) is 80.8 cm³/mol. The molecule has 0 unspecified atom stereocenters. The zero-order valence-corrected chi connectivity index (χ0v) is 13.1. The van der Waals surface area contributed by atoms with Crippen LogP contribution in [0.4, 0.5) is 4.79 Å². The molecule has 0 saturated heterocycles. The van der Waals surface area contributed by atoms with E-state index in [0.717, 1.165) is 0 Å². The van der Waals surface area contributed by atoms with Gasteiger partial charge in [-0.05, 0) is 33.8 Å². The topological polar surface area (TPSA) is 55.8 Å². The van der Waals surface area contributed by atoms with Gasteiger partial charge in [0.25, 0.3) is 0 Å². The van der Waals surface area contributed by atoms with Gasteiger partial charge < -0.3 is 9.47 Å². The standard InChI is InChI=1S/C16H23NO4/c1-7-13(20-14(18)11(2)3)12-9-8-10-17(12)15(19)21-16(4,5)6/h7-9,12-13H,1-2,10H2,3-6H3/t12-,13+/m0/s1. The maximum Gasteiger partial charge on any atom is 0.411 e. The normalized spacial score (nSPS) is 19.0. The van der Waals surface area contributed by atoms with Crippen molar-refractivity contribution in [3.8, 4) is 0 Å². The fourth-order valence-electron chi connectivity index (χ4n) is 1.82. The number of rotatable bonds is 4. The lowest BCUT2D eigenvalue weighted by atomic mass is 10.1. The Kier molecular flexibility index (Phi) is 5.35. The maximum absolute atomic E-state index is 12.2. The molecule has 0 spiro atoms. The van der Waals surface area contributed by atoms with Gasteiger partial charge in [-0.25, -0.2) is 9.59 Å². The molecule has 1 heterocycles. The van der Waals surface area contributed by atoms with Crippen LogP contribution in [0.1, 0.15) is 27.7 Å². The van der Waals surface area contributed by atoms with E-state index in [4.69, 9.17) is 9.47 Å². The maximum atomic E-state index is 12.2. The molecule has 5 heteroatoms. The minimum atomic E-state index is -0.638. The largest absolute Gasteiger partial charge is 0.452 e. The highest BCUT2D eigenvalue weighted by Crippen LogP contribution is 2.21. The van der Waals surface area contributed by atoms with Crippen LogP contribution in [-0.2, 0) is 14.3 Å². The minimum absolute atomic E-state index is 0.299. The summed E-state index contributed by atoms with van der Waals surface area (Å²) in [6, 6.07) is -0.416. The van der Waals surface area contributed by atoms with Gasteiger partial charge in [-0.3, -0.25) is 4.90 Å². The highest BCUT2D eigenvalue weighted by Gasteiger charge is 2.34. The van der Waals surface area contributed by atoms with Crippen molar-refractivity contribution in [1.29, 1.82) is 0 Å². The Bertz CT molecular complexity index is 473. The van der Waals surface area contributed by atoms with Crippen LogP contribution in [0.3, 0.4) is 0 Å². The first-order valence-electron chi connectivity index (χ1n) is 6.81. The van der Waals surface area contributed by atoms with E-state index in [1.807, 2.05) is 12.2 Å². The summed E-state index contributed by atoms with van der Waals surface area (Å²) >= 11 is 0. The van der Waals surface area contributed by atoms with Gasteiger partial charge in [0.15, 0.2) is 0 Å². The lowest BCUT2D eigenvalue weighted by molar-refractivity contribution is -0.143. The highest BCUT2D eigenvalue weighted by molar-refractivity contribution is 5.87. The van der Waals surface area contributed by atoms with Crippen LogP contribution in [0, 0.1) is 0 Å². The van der Waals surface area contributed by atoms with E-state index in [-0.39, 0.29) is 0 Å². The number of hydrogen-bond acceptors (Lipinski definition) is 4. The molecule has 2 atom stereocenters. The quantitative estimate of drug-likeness (QED) is 0.454. The third-order valence-corrected chi connectivity index (χ3v) is 2.78. The van der Waals surface area contributed by atoms with Crippen LogP contribution >= 0.6 is 0 Å². The molecule has 21 heavy (non-hydrogen) atoms. The molecule has 0 N–H and O–H groups in total. The summed E-state index contributed by atoms with van der Waals surface area (Å²) in [5.41, 5.74) is -0.282. The van der Waals surface area contributed by atoms with E-state index >= 15 is 0 Å². The molecule has 0 radical (unpaired) electrons. The molecule has 116 valence electrons. The van der Waals surface area contributed by atoms with E-state index in [2.05, 4.69) is 13.2 Å². The van der Waals surface area contributed by atoms with Crippen LogP contribution in [0.25, 0.3) is 0 Å². The van der Waals surface area contributed by atoms with Gasteiger partial charge in [0.2, 0.25) is 0 Å². The second-order valence-electron chi connectivity index (χ2n) is 5.94. The van der Waals surface area contributed by atoms with Gasteiger partial charge >= 0.3 is 12.1 Å². The number of nitrogens with zero attached hydrogens (tertiary/aromatic N) is 1. The van der Waals surface area contributed by atoms with Gasteiger partial charge in [-0.1, -0.05) is 25.3 Å². The van der Waals surface area contributed by atoms with E-state index in [1.54, 1.807) is 27.7 Å². The Labute approximate surface area is 125 Å². The lowest BCUT2D eigenvalue weighted by Gasteiger charge is -2.31. The zero-order chi connectivity index (χ0) is 16.2. The number of hydrogen-bond donors (Lipinski definition) is 0. The molecule has 0 bridgehead atoms. The molecule has 5 nitrogen and oxygen atoms in total. The van der Waals surface area contributed by atoms with Crippen molar-refractivity contribution in [3.63, 3.8) is 0 Å². The second kappa shape index (κ2) is 6.61. The molecule has 0 fully saturated rings. The van der Waals surface area contributed by atoms with E-state index in [1.165, 1.54) is 11.0 Å². The van der Waals surface area contributed by atoms with E-state index < -0.39 is 29.8 Å². The molecule has 1 aliphatic heterocycles. The molecule has 0 aliphatic carbocycles. The highest BCUT2D eigenvalue weighted by atomic mass is 16.6. The van der Waals surface area contributed by atoms with Gasteiger partial charge in [-0.15, -0.1) is 0 Å². The fourth-order valence-corrected chi connectivity index (χ4v) is 1.82. The second-order valence-corrected chi connectivity index (χ2v) is 5.94. The van der Waals surface area contributed by atoms with Crippen molar-refractivity contribution in [2.24, 2.45) is 0 Å². The summed E-state index contributed by atoms with van der Waals surface area (Å²) < 4.78 is 10.7. The average molecular weight is 293 g/mol. The van der Waals surface area contributed by atoms with Crippen LogP contribution in [-0.4, -0.2) is 41.3 Å². The molecule has 0 aromatic carbocycles. The summed E-state index contributed by atoms with van der Waals surface area (Å²) in [4.78, 5) is 25.3. The van der Waals surface area contributed by atoms with Crippen molar-refractivity contribution >= 4 is 12.1 Å². The Morgan fingerprint density at radius 3 is 2.52 bits per heavy atom. The molecule has 0 aromatic rings. The lowest BCUT2D eigenvalue weighted by Crippen LogP contribution is -2.46. The Morgan fingerprint density at radius 2 is 2.05 bits per heavy atom. The summed E-state index contributed by atoms with van der Waals surface area (Å²) in [5, 5.41) is 0. The van der Waals surface area contributed by atoms with Crippen LogP contribution in [0.5, 0.6) is 0 Å². The minimum Gasteiger partial charge on any atom is -0.452 e. The van der Waals surface area contributed by atoms with Crippen molar-refractivity contribution in [1.82, 2.24) is 4.90 Å². The van der Waals surface area contributed by atoms with Crippen LogP contribution in [0.2, 0.25) is 0 Å². The molecular weight excluding hydrogens is 270 g/mol. The van der Waals surface area contributed by atoms with E-state index in [9.17, 15) is 9.59 Å². The summed E-state index contributed by atoms with van der Waals surface area (Å²) in [6.07, 6.45) is 4.05. The molecule has 0 aromatic heterocycles.